The number of aliphatic hydroxyl groups is 4. The van der Waals surface area contributed by atoms with Gasteiger partial charge in [0, 0.05) is 12.6 Å². The first-order chi connectivity index (χ1) is 11.9. The summed E-state index contributed by atoms with van der Waals surface area (Å²) < 4.78 is 4.54. The van der Waals surface area contributed by atoms with E-state index in [1.165, 1.54) is 6.20 Å². The molecule has 0 saturated carbocycles. The summed E-state index contributed by atoms with van der Waals surface area (Å²) in [4.78, 5) is 28.0. The van der Waals surface area contributed by atoms with Crippen molar-refractivity contribution in [3.8, 4) is 0 Å². The second kappa shape index (κ2) is 10.9. The predicted octanol–water partition coefficient (Wildman–Crippen LogP) is -1.29. The van der Waals surface area contributed by atoms with E-state index in [1.807, 2.05) is 0 Å². The topological polar surface area (TPSA) is 165 Å². The lowest BCUT2D eigenvalue weighted by atomic mass is 10.1. The van der Waals surface area contributed by atoms with Gasteiger partial charge in [0.15, 0.2) is 6.29 Å². The van der Waals surface area contributed by atoms with E-state index >= 15 is 0 Å². The maximum Gasteiger partial charge on any atom is 0.346 e. The van der Waals surface area contributed by atoms with Crippen LogP contribution in [0, 0.1) is 0 Å². The van der Waals surface area contributed by atoms with Crippen LogP contribution in [-0.2, 0) is 9.53 Å². The predicted molar refractivity (Wildman–Crippen MR) is 87.6 cm³/mol. The van der Waals surface area contributed by atoms with Crippen LogP contribution >= 0.6 is 0 Å². The van der Waals surface area contributed by atoms with Gasteiger partial charge >= 0.3 is 5.69 Å². The molecule has 4 atom stereocenters. The van der Waals surface area contributed by atoms with Crippen LogP contribution in [0.15, 0.2) is 17.1 Å². The molecule has 10 heteroatoms. The van der Waals surface area contributed by atoms with Crippen LogP contribution in [0.4, 0.5) is 5.82 Å². The summed E-state index contributed by atoms with van der Waals surface area (Å²) in [7, 11) is 0. The Hall–Kier alpha value is -1.85. The van der Waals surface area contributed by atoms with Crippen molar-refractivity contribution in [2.45, 2.75) is 57.2 Å². The Morgan fingerprint density at radius 2 is 2.04 bits per heavy atom. The van der Waals surface area contributed by atoms with Gasteiger partial charge in [-0.15, -0.1) is 0 Å². The first kappa shape index (κ1) is 21.2. The highest BCUT2D eigenvalue weighted by molar-refractivity contribution is 5.89. The number of hydrogen-bond donors (Lipinski definition) is 6. The molecule has 1 aliphatic rings. The molecule has 0 aromatic carbocycles. The Morgan fingerprint density at radius 3 is 2.52 bits per heavy atom. The number of aromatic amines is 1. The number of hydrogen-bond acceptors (Lipinski definition) is 8. The number of rotatable bonds is 6. The number of nitrogens with one attached hydrogen (secondary N) is 2. The van der Waals surface area contributed by atoms with Gasteiger partial charge in [-0.05, 0) is 12.5 Å². The number of carbonyl (C=O) groups excluding carboxylic acids is 1. The van der Waals surface area contributed by atoms with Gasteiger partial charge in [-0.25, -0.2) is 9.78 Å². The standard InChI is InChI=1S/C10H15N3O2.C5H10O5/c1-2-3-4-5-9(14)12-8-6-7-11-10(15)13-8;6-1-2-3(7)4(8)5(9)10-2/h6-7H,2-5H2,1H3,(H2,11,12,13,14,15);2-9H,1H2/t;2-,3-,4+,5?/m.1/s1. The number of nitrogens with zero attached hydrogens (tertiary/aromatic N) is 1. The van der Waals surface area contributed by atoms with Gasteiger partial charge in [-0.3, -0.25) is 9.78 Å². The zero-order valence-corrected chi connectivity index (χ0v) is 14.0. The second-order valence-corrected chi connectivity index (χ2v) is 5.52. The number of anilines is 1. The minimum atomic E-state index is -1.38. The summed E-state index contributed by atoms with van der Waals surface area (Å²) in [6.45, 7) is 1.67. The SMILES string of the molecule is CCCCCC(=O)Nc1ccnc(=O)[nH]1.OC[C@H]1OC(O)[C@@H](O)[C@@H]1O. The molecule has 2 heterocycles. The molecule has 1 aromatic heterocycles. The maximum atomic E-state index is 11.3. The van der Waals surface area contributed by atoms with Gasteiger partial charge < -0.3 is 30.5 Å². The van der Waals surface area contributed by atoms with Crippen molar-refractivity contribution in [2.24, 2.45) is 0 Å². The first-order valence-electron chi connectivity index (χ1n) is 8.04. The number of aliphatic hydroxyl groups excluding tert-OH is 4. The fraction of sp³-hybridized carbons (Fsp3) is 0.667. The van der Waals surface area contributed by atoms with E-state index in [1.54, 1.807) is 6.07 Å². The van der Waals surface area contributed by atoms with E-state index in [2.05, 4.69) is 26.9 Å². The number of amides is 1. The smallest absolute Gasteiger partial charge is 0.346 e. The fourth-order valence-corrected chi connectivity index (χ4v) is 2.07. The van der Waals surface area contributed by atoms with Crippen molar-refractivity contribution in [3.63, 3.8) is 0 Å². The van der Waals surface area contributed by atoms with Gasteiger partial charge in [0.2, 0.25) is 5.91 Å². The molecular weight excluding hydrogens is 334 g/mol. The van der Waals surface area contributed by atoms with E-state index in [0.717, 1.165) is 19.3 Å². The zero-order valence-electron chi connectivity index (χ0n) is 14.0. The number of aromatic nitrogens is 2. The highest BCUT2D eigenvalue weighted by Crippen LogP contribution is 2.18. The van der Waals surface area contributed by atoms with E-state index < -0.39 is 36.9 Å². The zero-order chi connectivity index (χ0) is 18.8. The minimum Gasteiger partial charge on any atom is -0.394 e. The molecule has 6 N–H and O–H groups in total. The Bertz CT molecular complexity index is 580. The lowest BCUT2D eigenvalue weighted by molar-refractivity contribution is -0.132. The monoisotopic (exact) mass is 359 g/mol. The van der Waals surface area contributed by atoms with Crippen LogP contribution in [0.5, 0.6) is 0 Å². The highest BCUT2D eigenvalue weighted by atomic mass is 16.6. The van der Waals surface area contributed by atoms with Gasteiger partial charge in [0.05, 0.1) is 6.61 Å². The lowest BCUT2D eigenvalue weighted by Gasteiger charge is -2.09. The number of carbonyl (C=O) groups is 1. The van der Waals surface area contributed by atoms with Crippen LogP contribution in [0.3, 0.4) is 0 Å². The summed E-state index contributed by atoms with van der Waals surface area (Å²) in [5.41, 5.74) is -0.457. The highest BCUT2D eigenvalue weighted by Gasteiger charge is 2.41. The fourth-order valence-electron chi connectivity index (χ4n) is 2.07. The summed E-state index contributed by atoms with van der Waals surface area (Å²) in [6.07, 6.45) is 0.0880. The quantitative estimate of drug-likeness (QED) is 0.341. The molecule has 1 unspecified atom stereocenters. The van der Waals surface area contributed by atoms with Crippen LogP contribution in [-0.4, -0.2) is 67.5 Å². The molecule has 0 aliphatic carbocycles. The largest absolute Gasteiger partial charge is 0.394 e. The first-order valence-corrected chi connectivity index (χ1v) is 8.04. The van der Waals surface area contributed by atoms with Crippen LogP contribution < -0.4 is 11.0 Å². The van der Waals surface area contributed by atoms with E-state index in [9.17, 15) is 9.59 Å². The third-order valence-corrected chi connectivity index (χ3v) is 3.47. The molecule has 2 rings (SSSR count). The van der Waals surface area contributed by atoms with Crippen LogP contribution in [0.25, 0.3) is 0 Å². The molecule has 1 amide bonds. The molecular formula is C15H25N3O7. The Labute approximate surface area is 144 Å². The Kier molecular flexibility index (Phi) is 9.24. The molecule has 25 heavy (non-hydrogen) atoms. The van der Waals surface area contributed by atoms with E-state index in [-0.39, 0.29) is 5.91 Å². The van der Waals surface area contributed by atoms with Crippen LogP contribution in [0.2, 0.25) is 0 Å². The molecule has 0 spiro atoms. The number of ether oxygens (including phenoxy) is 1. The summed E-state index contributed by atoms with van der Waals surface area (Å²) in [6, 6.07) is 1.55. The van der Waals surface area contributed by atoms with Crippen molar-refractivity contribution in [1.29, 1.82) is 0 Å². The molecule has 1 saturated heterocycles. The van der Waals surface area contributed by atoms with Crippen molar-refractivity contribution >= 4 is 11.7 Å². The van der Waals surface area contributed by atoms with E-state index in [4.69, 9.17) is 20.4 Å². The second-order valence-electron chi connectivity index (χ2n) is 5.52. The van der Waals surface area contributed by atoms with Gasteiger partial charge in [-0.1, -0.05) is 19.8 Å². The van der Waals surface area contributed by atoms with Crippen molar-refractivity contribution < 1.29 is 30.0 Å². The minimum absolute atomic E-state index is 0.0784. The molecule has 1 fully saturated rings. The average Bonchev–Trinajstić information content (AvgIpc) is 2.82. The van der Waals surface area contributed by atoms with E-state index in [0.29, 0.717) is 12.2 Å². The lowest BCUT2D eigenvalue weighted by Crippen LogP contribution is -2.33. The van der Waals surface area contributed by atoms with Crippen molar-refractivity contribution in [3.05, 3.63) is 22.7 Å². The molecule has 0 bridgehead atoms. The summed E-state index contributed by atoms with van der Waals surface area (Å²) in [5, 5.41) is 37.6. The summed E-state index contributed by atoms with van der Waals surface area (Å²) >= 11 is 0. The summed E-state index contributed by atoms with van der Waals surface area (Å²) in [5.74, 6) is 0.321. The normalized spacial score (nSPS) is 25.2. The third kappa shape index (κ3) is 7.28. The van der Waals surface area contributed by atoms with Gasteiger partial charge in [-0.2, -0.15) is 0 Å². The average molecular weight is 359 g/mol. The van der Waals surface area contributed by atoms with Crippen molar-refractivity contribution in [2.75, 3.05) is 11.9 Å². The number of unbranched alkanes of at least 4 members (excludes halogenated alkanes) is 2. The molecule has 10 nitrogen and oxygen atoms in total. The molecule has 1 aliphatic heterocycles. The maximum absolute atomic E-state index is 11.3. The number of H-pyrrole nitrogens is 1. The van der Waals surface area contributed by atoms with Crippen molar-refractivity contribution in [1.82, 2.24) is 9.97 Å². The molecule has 0 radical (unpaired) electrons. The molecule has 1 aromatic rings. The van der Waals surface area contributed by atoms with Gasteiger partial charge in [0.1, 0.15) is 24.1 Å². The molecule has 142 valence electrons. The van der Waals surface area contributed by atoms with Gasteiger partial charge in [0.25, 0.3) is 0 Å². The van der Waals surface area contributed by atoms with Crippen LogP contribution in [0.1, 0.15) is 32.6 Å². The Balaban J connectivity index is 0.000000271. The third-order valence-electron chi connectivity index (χ3n) is 3.47. The Morgan fingerprint density at radius 1 is 1.32 bits per heavy atom.